The highest BCUT2D eigenvalue weighted by Crippen LogP contribution is 2.19. The number of thiazole rings is 1. The lowest BCUT2D eigenvalue weighted by molar-refractivity contribution is 0.404. The summed E-state index contributed by atoms with van der Waals surface area (Å²) in [5.74, 6) is 0. The van der Waals surface area contributed by atoms with Gasteiger partial charge in [0.2, 0.25) is 0 Å². The van der Waals surface area contributed by atoms with Gasteiger partial charge in [0.1, 0.15) is 0 Å². The number of hydrogen-bond donors (Lipinski definition) is 0. The molecule has 0 amide bonds. The minimum absolute atomic E-state index is 0.615. The zero-order valence-electron chi connectivity index (χ0n) is 7.11. The molecule has 0 spiro atoms. The van der Waals surface area contributed by atoms with Gasteiger partial charge in [0.15, 0.2) is 4.47 Å². The predicted molar refractivity (Wildman–Crippen MR) is 55.5 cm³/mol. The van der Waals surface area contributed by atoms with Crippen molar-refractivity contribution in [1.29, 1.82) is 0 Å². The van der Waals surface area contributed by atoms with Crippen LogP contribution in [0.3, 0.4) is 0 Å². The minimum atomic E-state index is 0.615. The monoisotopic (exact) mass is 215 g/mol. The van der Waals surface area contributed by atoms with Gasteiger partial charge in [-0.3, -0.25) is 4.99 Å². The summed E-state index contributed by atoms with van der Waals surface area (Å²) in [4.78, 5) is 11.6. The third-order valence-electron chi connectivity index (χ3n) is 1.86. The van der Waals surface area contributed by atoms with Crippen LogP contribution in [0, 0.1) is 0 Å². The first-order valence-corrected chi connectivity index (χ1v) is 5.38. The molecule has 70 valence electrons. The van der Waals surface area contributed by atoms with Crippen LogP contribution in [0.25, 0.3) is 0 Å². The summed E-state index contributed by atoms with van der Waals surface area (Å²) in [5.41, 5.74) is 0. The van der Waals surface area contributed by atoms with Crippen molar-refractivity contribution >= 4 is 29.3 Å². The van der Waals surface area contributed by atoms with Crippen LogP contribution in [0.2, 0.25) is 4.47 Å². The van der Waals surface area contributed by atoms with E-state index in [0.29, 0.717) is 4.47 Å². The van der Waals surface area contributed by atoms with E-state index in [1.165, 1.54) is 16.2 Å². The van der Waals surface area contributed by atoms with Gasteiger partial charge in [-0.25, -0.2) is 4.98 Å². The molecule has 1 aliphatic rings. The van der Waals surface area contributed by atoms with Gasteiger partial charge in [-0.2, -0.15) is 0 Å². The highest BCUT2D eigenvalue weighted by atomic mass is 35.5. The number of hydrogen-bond acceptors (Lipinski definition) is 4. The number of aromatic nitrogens is 1. The largest absolute Gasteiger partial charge is 0.358 e. The van der Waals surface area contributed by atoms with Gasteiger partial charge in [0.25, 0.3) is 0 Å². The van der Waals surface area contributed by atoms with E-state index in [0.717, 1.165) is 26.1 Å². The zero-order valence-corrected chi connectivity index (χ0v) is 8.68. The molecule has 1 aromatic rings. The molecule has 0 saturated carbocycles. The van der Waals surface area contributed by atoms with Crippen molar-refractivity contribution in [3.63, 3.8) is 0 Å². The molecule has 1 aliphatic heterocycles. The van der Waals surface area contributed by atoms with E-state index < -0.39 is 0 Å². The Balaban J connectivity index is 1.97. The molecule has 3 nitrogen and oxygen atoms in total. The molecule has 2 heterocycles. The molecule has 0 aliphatic carbocycles. The van der Waals surface area contributed by atoms with Gasteiger partial charge in [-0.1, -0.05) is 11.6 Å². The zero-order chi connectivity index (χ0) is 9.10. The Morgan fingerprint density at radius 2 is 2.54 bits per heavy atom. The molecule has 0 saturated heterocycles. The van der Waals surface area contributed by atoms with Crippen molar-refractivity contribution in [3.8, 4) is 0 Å². The van der Waals surface area contributed by atoms with Gasteiger partial charge in [0, 0.05) is 24.2 Å². The molecule has 0 bridgehead atoms. The maximum Gasteiger partial charge on any atom is 0.183 e. The smallest absolute Gasteiger partial charge is 0.183 e. The number of rotatable bonds is 2. The Labute approximate surface area is 86.1 Å². The van der Waals surface area contributed by atoms with Crippen molar-refractivity contribution < 1.29 is 0 Å². The lowest BCUT2D eigenvalue weighted by Crippen LogP contribution is -2.26. The second kappa shape index (κ2) is 4.07. The fraction of sp³-hybridized carbons (Fsp3) is 0.500. The highest BCUT2D eigenvalue weighted by molar-refractivity contribution is 7.15. The summed E-state index contributed by atoms with van der Waals surface area (Å²) in [7, 11) is 0. The minimum Gasteiger partial charge on any atom is -0.358 e. The lowest BCUT2D eigenvalue weighted by Gasteiger charge is -2.21. The van der Waals surface area contributed by atoms with E-state index >= 15 is 0 Å². The summed E-state index contributed by atoms with van der Waals surface area (Å²) in [6, 6.07) is 0. The van der Waals surface area contributed by atoms with Crippen LogP contribution in [-0.4, -0.2) is 29.3 Å². The van der Waals surface area contributed by atoms with Crippen LogP contribution in [-0.2, 0) is 6.54 Å². The molecule has 13 heavy (non-hydrogen) atoms. The normalized spacial score (nSPS) is 16.5. The van der Waals surface area contributed by atoms with E-state index in [4.69, 9.17) is 11.6 Å². The predicted octanol–water partition coefficient (Wildman–Crippen LogP) is 2.03. The Kier molecular flexibility index (Phi) is 2.80. The maximum atomic E-state index is 5.73. The van der Waals surface area contributed by atoms with Gasteiger partial charge >= 0.3 is 0 Å². The molecule has 0 unspecified atom stereocenters. The Morgan fingerprint density at radius 3 is 3.15 bits per heavy atom. The Bertz CT molecular complexity index is 310. The first-order valence-electron chi connectivity index (χ1n) is 4.19. The molecule has 2 rings (SSSR count). The molecule has 1 aromatic heterocycles. The average Bonchev–Trinajstić information content (AvgIpc) is 2.53. The van der Waals surface area contributed by atoms with Crippen molar-refractivity contribution in [2.75, 3.05) is 13.1 Å². The third kappa shape index (κ3) is 2.42. The number of nitrogens with zero attached hydrogens (tertiary/aromatic N) is 3. The van der Waals surface area contributed by atoms with Crippen molar-refractivity contribution in [3.05, 3.63) is 15.5 Å². The summed E-state index contributed by atoms with van der Waals surface area (Å²) in [6.07, 6.45) is 4.88. The van der Waals surface area contributed by atoms with Crippen LogP contribution in [0.1, 0.15) is 11.3 Å². The molecule has 5 heteroatoms. The first-order chi connectivity index (χ1) is 6.34. The lowest BCUT2D eigenvalue weighted by atomic mass is 10.3. The van der Waals surface area contributed by atoms with E-state index in [9.17, 15) is 0 Å². The summed E-state index contributed by atoms with van der Waals surface area (Å²) in [5, 5.41) is 0. The molecular formula is C8H10ClN3S. The van der Waals surface area contributed by atoms with Gasteiger partial charge in [-0.05, 0) is 6.42 Å². The fourth-order valence-electron chi connectivity index (χ4n) is 1.27. The van der Waals surface area contributed by atoms with Crippen LogP contribution in [0.4, 0.5) is 0 Å². The number of halogens is 1. The van der Waals surface area contributed by atoms with Crippen molar-refractivity contribution in [2.45, 2.75) is 13.0 Å². The van der Waals surface area contributed by atoms with Crippen LogP contribution in [0.15, 0.2) is 11.2 Å². The van der Waals surface area contributed by atoms with Crippen LogP contribution >= 0.6 is 22.9 Å². The summed E-state index contributed by atoms with van der Waals surface area (Å²) in [6.45, 7) is 2.92. The second-order valence-corrected chi connectivity index (χ2v) is 4.62. The molecule has 0 aromatic carbocycles. The van der Waals surface area contributed by atoms with Crippen LogP contribution < -0.4 is 0 Å². The standard InChI is InChI=1S/C8H10ClN3S/c9-8-11-4-7(13-8)5-12-3-1-2-10-6-12/h4,6H,1-3,5H2. The van der Waals surface area contributed by atoms with Gasteiger partial charge < -0.3 is 4.90 Å². The highest BCUT2D eigenvalue weighted by Gasteiger charge is 2.07. The molecule has 0 radical (unpaired) electrons. The Hall–Kier alpha value is -0.610. The van der Waals surface area contributed by atoms with Gasteiger partial charge in [0.05, 0.1) is 12.9 Å². The van der Waals surface area contributed by atoms with E-state index in [-0.39, 0.29) is 0 Å². The van der Waals surface area contributed by atoms with E-state index in [1.54, 1.807) is 0 Å². The van der Waals surface area contributed by atoms with Crippen molar-refractivity contribution in [2.24, 2.45) is 4.99 Å². The van der Waals surface area contributed by atoms with Crippen molar-refractivity contribution in [1.82, 2.24) is 9.88 Å². The average molecular weight is 216 g/mol. The fourth-order valence-corrected chi connectivity index (χ4v) is 2.28. The quantitative estimate of drug-likeness (QED) is 0.756. The van der Waals surface area contributed by atoms with Crippen LogP contribution in [0.5, 0.6) is 0 Å². The van der Waals surface area contributed by atoms with E-state index in [1.807, 2.05) is 12.5 Å². The molecule has 0 fully saturated rings. The van der Waals surface area contributed by atoms with E-state index in [2.05, 4.69) is 14.9 Å². The third-order valence-corrected chi connectivity index (χ3v) is 2.96. The summed E-state index contributed by atoms with van der Waals surface area (Å²) < 4.78 is 0.615. The second-order valence-electron chi connectivity index (χ2n) is 2.93. The molecule has 0 N–H and O–H groups in total. The first kappa shape index (κ1) is 8.97. The Morgan fingerprint density at radius 1 is 1.62 bits per heavy atom. The topological polar surface area (TPSA) is 28.5 Å². The summed E-state index contributed by atoms with van der Waals surface area (Å²) >= 11 is 7.27. The van der Waals surface area contributed by atoms with Gasteiger partial charge in [-0.15, -0.1) is 11.3 Å². The number of aliphatic imine (C=N–C) groups is 1. The molecular weight excluding hydrogens is 206 g/mol. The SMILES string of the molecule is Clc1ncc(CN2C=NCCC2)s1. The molecule has 0 atom stereocenters. The maximum absolute atomic E-state index is 5.73.